The van der Waals surface area contributed by atoms with Crippen LogP contribution in [0.1, 0.15) is 42.6 Å². The van der Waals surface area contributed by atoms with Gasteiger partial charge in [-0.15, -0.1) is 0 Å². The zero-order valence-electron chi connectivity index (χ0n) is 10.8. The van der Waals surface area contributed by atoms with Gasteiger partial charge in [-0.3, -0.25) is 4.79 Å². The maximum atomic E-state index is 12.4. The summed E-state index contributed by atoms with van der Waals surface area (Å²) in [5.41, 5.74) is 8.18. The highest BCUT2D eigenvalue weighted by Gasteiger charge is 2.36. The largest absolute Gasteiger partial charge is 0.398 e. The summed E-state index contributed by atoms with van der Waals surface area (Å²) in [6.07, 6.45) is 2.13. The molecule has 17 heavy (non-hydrogen) atoms. The van der Waals surface area contributed by atoms with Crippen LogP contribution in [0.5, 0.6) is 0 Å². The number of nitrogens with zero attached hydrogens (tertiary/aromatic N) is 1. The summed E-state index contributed by atoms with van der Waals surface area (Å²) in [4.78, 5) is 14.4. The number of benzene rings is 1. The second-order valence-electron chi connectivity index (χ2n) is 5.46. The fourth-order valence-electron chi connectivity index (χ4n) is 2.51. The third kappa shape index (κ3) is 2.14. The molecule has 92 valence electrons. The Kier molecular flexibility index (Phi) is 2.86. The summed E-state index contributed by atoms with van der Waals surface area (Å²) in [6, 6.07) is 5.63. The normalized spacial score (nSPS) is 18.4. The zero-order valence-corrected chi connectivity index (χ0v) is 10.8. The molecule has 0 saturated carbocycles. The van der Waals surface area contributed by atoms with Crippen LogP contribution >= 0.6 is 0 Å². The Morgan fingerprint density at radius 3 is 2.65 bits per heavy atom. The Hall–Kier alpha value is -1.51. The van der Waals surface area contributed by atoms with Crippen LogP contribution in [0.4, 0.5) is 5.69 Å². The third-order valence-electron chi connectivity index (χ3n) is 3.58. The van der Waals surface area contributed by atoms with E-state index in [2.05, 4.69) is 13.8 Å². The second-order valence-corrected chi connectivity index (χ2v) is 5.46. The van der Waals surface area contributed by atoms with Crippen molar-refractivity contribution in [2.24, 2.45) is 0 Å². The molecule has 1 aliphatic rings. The van der Waals surface area contributed by atoms with E-state index in [4.69, 9.17) is 5.73 Å². The number of nitrogens with two attached hydrogens (primary N) is 1. The first-order chi connectivity index (χ1) is 7.92. The number of hydrogen-bond acceptors (Lipinski definition) is 2. The highest BCUT2D eigenvalue weighted by Crippen LogP contribution is 2.30. The van der Waals surface area contributed by atoms with Gasteiger partial charge >= 0.3 is 0 Å². The summed E-state index contributed by atoms with van der Waals surface area (Å²) < 4.78 is 0. The molecule has 0 aromatic heterocycles. The summed E-state index contributed by atoms with van der Waals surface area (Å²) in [5, 5.41) is 0. The van der Waals surface area contributed by atoms with Crippen molar-refractivity contribution in [3.63, 3.8) is 0 Å². The lowest BCUT2D eigenvalue weighted by Gasteiger charge is -2.32. The molecule has 3 heteroatoms. The minimum Gasteiger partial charge on any atom is -0.398 e. The van der Waals surface area contributed by atoms with Crippen LogP contribution in [0.15, 0.2) is 18.2 Å². The van der Waals surface area contributed by atoms with E-state index in [0.717, 1.165) is 24.9 Å². The van der Waals surface area contributed by atoms with Crippen LogP contribution < -0.4 is 5.73 Å². The minimum atomic E-state index is -0.0472. The molecule has 1 aliphatic heterocycles. The van der Waals surface area contributed by atoms with Gasteiger partial charge in [-0.05, 0) is 51.3 Å². The fraction of sp³-hybridized carbons (Fsp3) is 0.500. The van der Waals surface area contributed by atoms with Gasteiger partial charge in [0.1, 0.15) is 0 Å². The Bertz CT molecular complexity index is 452. The van der Waals surface area contributed by atoms with E-state index in [-0.39, 0.29) is 11.4 Å². The van der Waals surface area contributed by atoms with Gasteiger partial charge in [-0.25, -0.2) is 0 Å². The molecule has 0 atom stereocenters. The van der Waals surface area contributed by atoms with Gasteiger partial charge < -0.3 is 10.6 Å². The fourth-order valence-corrected chi connectivity index (χ4v) is 2.51. The Morgan fingerprint density at radius 2 is 2.12 bits per heavy atom. The number of carbonyl (C=O) groups excluding carboxylic acids is 1. The summed E-state index contributed by atoms with van der Waals surface area (Å²) in [6.45, 7) is 7.04. The van der Waals surface area contributed by atoms with Crippen molar-refractivity contribution >= 4 is 11.6 Å². The number of anilines is 1. The SMILES string of the molecule is Cc1ccc(C(=O)N2CCCC2(C)C)c(N)c1. The average Bonchev–Trinajstić information content (AvgIpc) is 2.57. The molecule has 1 heterocycles. The second kappa shape index (κ2) is 4.06. The maximum Gasteiger partial charge on any atom is 0.256 e. The van der Waals surface area contributed by atoms with Gasteiger partial charge in [0.25, 0.3) is 5.91 Å². The van der Waals surface area contributed by atoms with E-state index in [1.54, 1.807) is 0 Å². The van der Waals surface area contributed by atoms with Gasteiger partial charge in [0.05, 0.1) is 5.56 Å². The van der Waals surface area contributed by atoms with Gasteiger partial charge in [0.15, 0.2) is 0 Å². The smallest absolute Gasteiger partial charge is 0.256 e. The van der Waals surface area contributed by atoms with Gasteiger partial charge in [-0.2, -0.15) is 0 Å². The molecular formula is C14H20N2O. The van der Waals surface area contributed by atoms with Crippen molar-refractivity contribution in [3.05, 3.63) is 29.3 Å². The number of nitrogen functional groups attached to an aromatic ring is 1. The molecule has 0 aliphatic carbocycles. The average molecular weight is 232 g/mol. The molecular weight excluding hydrogens is 212 g/mol. The summed E-state index contributed by atoms with van der Waals surface area (Å²) in [5.74, 6) is 0.0602. The first-order valence-electron chi connectivity index (χ1n) is 6.10. The monoisotopic (exact) mass is 232 g/mol. The van der Waals surface area contributed by atoms with Crippen LogP contribution in [0.2, 0.25) is 0 Å². The summed E-state index contributed by atoms with van der Waals surface area (Å²) in [7, 11) is 0. The number of amides is 1. The highest BCUT2D eigenvalue weighted by molar-refractivity contribution is 5.99. The number of likely N-dealkylation sites (tertiary alicyclic amines) is 1. The maximum absolute atomic E-state index is 12.4. The van der Waals surface area contributed by atoms with E-state index in [1.165, 1.54) is 0 Å². The highest BCUT2D eigenvalue weighted by atomic mass is 16.2. The summed E-state index contributed by atoms with van der Waals surface area (Å²) >= 11 is 0. The molecule has 1 amide bonds. The minimum absolute atomic E-state index is 0.0472. The molecule has 0 spiro atoms. The predicted octanol–water partition coefficient (Wildman–Crippen LogP) is 2.59. The predicted molar refractivity (Wildman–Crippen MR) is 69.9 cm³/mol. The van der Waals surface area contributed by atoms with Gasteiger partial charge in [-0.1, -0.05) is 6.07 Å². The van der Waals surface area contributed by atoms with E-state index >= 15 is 0 Å². The zero-order chi connectivity index (χ0) is 12.6. The quantitative estimate of drug-likeness (QED) is 0.756. The van der Waals surface area contributed by atoms with Crippen LogP contribution in [0.3, 0.4) is 0 Å². The number of aryl methyl sites for hydroxylation is 1. The lowest BCUT2D eigenvalue weighted by Crippen LogP contribution is -2.42. The van der Waals surface area contributed by atoms with Crippen molar-refractivity contribution in [1.29, 1.82) is 0 Å². The van der Waals surface area contributed by atoms with Gasteiger partial charge in [0.2, 0.25) is 0 Å². The Balaban J connectivity index is 2.31. The lowest BCUT2D eigenvalue weighted by atomic mass is 10.0. The van der Waals surface area contributed by atoms with Crippen LogP contribution in [-0.2, 0) is 0 Å². The number of carbonyl (C=O) groups is 1. The van der Waals surface area contributed by atoms with Crippen molar-refractivity contribution < 1.29 is 4.79 Å². The Labute approximate surface area is 103 Å². The van der Waals surface area contributed by atoms with Crippen molar-refractivity contribution in [2.75, 3.05) is 12.3 Å². The molecule has 1 saturated heterocycles. The van der Waals surface area contributed by atoms with Crippen molar-refractivity contribution in [2.45, 2.75) is 39.2 Å². The first kappa shape index (κ1) is 12.0. The van der Waals surface area contributed by atoms with Crippen LogP contribution in [0, 0.1) is 6.92 Å². The molecule has 1 aromatic rings. The van der Waals surface area contributed by atoms with E-state index in [1.807, 2.05) is 30.0 Å². The molecule has 1 aromatic carbocycles. The molecule has 0 unspecified atom stereocenters. The molecule has 0 radical (unpaired) electrons. The van der Waals surface area contributed by atoms with Crippen LogP contribution in [-0.4, -0.2) is 22.9 Å². The van der Waals surface area contributed by atoms with Crippen LogP contribution in [0.25, 0.3) is 0 Å². The standard InChI is InChI=1S/C14H20N2O/c1-10-5-6-11(12(15)9-10)13(17)16-8-4-7-14(16,2)3/h5-6,9H,4,7-8,15H2,1-3H3. The van der Waals surface area contributed by atoms with E-state index in [0.29, 0.717) is 11.3 Å². The molecule has 0 bridgehead atoms. The van der Waals surface area contributed by atoms with Crippen molar-refractivity contribution in [1.82, 2.24) is 4.90 Å². The van der Waals surface area contributed by atoms with Crippen molar-refractivity contribution in [3.8, 4) is 0 Å². The molecule has 3 nitrogen and oxygen atoms in total. The number of rotatable bonds is 1. The molecule has 2 rings (SSSR count). The number of hydrogen-bond donors (Lipinski definition) is 1. The third-order valence-corrected chi connectivity index (χ3v) is 3.58. The van der Waals surface area contributed by atoms with E-state index in [9.17, 15) is 4.79 Å². The molecule has 2 N–H and O–H groups in total. The first-order valence-corrected chi connectivity index (χ1v) is 6.10. The van der Waals surface area contributed by atoms with E-state index < -0.39 is 0 Å². The molecule has 1 fully saturated rings. The lowest BCUT2D eigenvalue weighted by molar-refractivity contribution is 0.0653. The van der Waals surface area contributed by atoms with Gasteiger partial charge in [0, 0.05) is 17.8 Å². The Morgan fingerprint density at radius 1 is 1.41 bits per heavy atom. The topological polar surface area (TPSA) is 46.3 Å².